The highest BCUT2D eigenvalue weighted by Crippen LogP contribution is 2.28. The highest BCUT2D eigenvalue weighted by atomic mass is 16.5. The van der Waals surface area contributed by atoms with Crippen LogP contribution in [0, 0.1) is 11.3 Å². The molecule has 5 heteroatoms. The Morgan fingerprint density at radius 1 is 1.00 bits per heavy atom. The summed E-state index contributed by atoms with van der Waals surface area (Å²) < 4.78 is 5.40. The predicted molar refractivity (Wildman–Crippen MR) is 113 cm³/mol. The van der Waals surface area contributed by atoms with Gasteiger partial charge in [-0.2, -0.15) is 5.26 Å². The Morgan fingerprint density at radius 3 is 2.14 bits per heavy atom. The maximum absolute atomic E-state index is 13.3. The fraction of sp³-hybridized carbons (Fsp3) is 0.417. The Morgan fingerprint density at radius 2 is 1.59 bits per heavy atom. The number of nitriles is 1. The van der Waals surface area contributed by atoms with Gasteiger partial charge in [0.1, 0.15) is 0 Å². The van der Waals surface area contributed by atoms with Crippen LogP contribution in [-0.2, 0) is 9.53 Å². The Bertz CT molecular complexity index is 743. The molecule has 0 unspecified atom stereocenters. The van der Waals surface area contributed by atoms with Gasteiger partial charge in [-0.3, -0.25) is 9.69 Å². The summed E-state index contributed by atoms with van der Waals surface area (Å²) in [5.41, 5.74) is 2.28. The summed E-state index contributed by atoms with van der Waals surface area (Å²) >= 11 is 0. The Kier molecular flexibility index (Phi) is 8.24. The fourth-order valence-corrected chi connectivity index (χ4v) is 3.74. The fourth-order valence-electron chi connectivity index (χ4n) is 3.74. The van der Waals surface area contributed by atoms with Crippen LogP contribution in [0.15, 0.2) is 60.7 Å². The second kappa shape index (κ2) is 11.4. The van der Waals surface area contributed by atoms with Crippen molar-refractivity contribution in [1.82, 2.24) is 9.80 Å². The molecule has 1 aliphatic rings. The van der Waals surface area contributed by atoms with Crippen LogP contribution in [0.5, 0.6) is 0 Å². The van der Waals surface area contributed by atoms with Crippen LogP contribution < -0.4 is 0 Å². The van der Waals surface area contributed by atoms with Gasteiger partial charge in [-0.15, -0.1) is 0 Å². The first-order valence-electron chi connectivity index (χ1n) is 10.3. The Labute approximate surface area is 173 Å². The van der Waals surface area contributed by atoms with Crippen molar-refractivity contribution in [2.24, 2.45) is 0 Å². The van der Waals surface area contributed by atoms with Crippen LogP contribution in [-0.4, -0.2) is 61.6 Å². The summed E-state index contributed by atoms with van der Waals surface area (Å²) in [6.07, 6.45) is 0.763. The molecular weight excluding hydrogens is 362 g/mol. The molecule has 0 aliphatic carbocycles. The summed E-state index contributed by atoms with van der Waals surface area (Å²) in [5.74, 6) is 0.115. The predicted octanol–water partition coefficient (Wildman–Crippen LogP) is 3.28. The van der Waals surface area contributed by atoms with Gasteiger partial charge in [-0.05, 0) is 11.1 Å². The molecule has 2 aromatic carbocycles. The average molecular weight is 392 g/mol. The third-order valence-corrected chi connectivity index (χ3v) is 5.42. The molecular formula is C24H29N3O2. The van der Waals surface area contributed by atoms with Gasteiger partial charge in [0, 0.05) is 45.1 Å². The summed E-state index contributed by atoms with van der Waals surface area (Å²) in [6, 6.07) is 22.6. The molecule has 1 saturated heterocycles. The zero-order chi connectivity index (χ0) is 20.3. The van der Waals surface area contributed by atoms with E-state index in [2.05, 4.69) is 35.2 Å². The standard InChI is InChI=1S/C24H29N3O2/c25-12-7-13-27(15-14-26-16-18-29-19-17-26)24(28)20-23(21-8-3-1-4-9-21)22-10-5-2-6-11-22/h1-6,8-11,23H,7,13-20H2. The monoisotopic (exact) mass is 391 g/mol. The summed E-state index contributed by atoms with van der Waals surface area (Å²) in [5, 5.41) is 9.04. The third kappa shape index (κ3) is 6.42. The number of benzene rings is 2. The summed E-state index contributed by atoms with van der Waals surface area (Å²) in [6.45, 7) is 5.25. The third-order valence-electron chi connectivity index (χ3n) is 5.42. The summed E-state index contributed by atoms with van der Waals surface area (Å²) in [7, 11) is 0. The lowest BCUT2D eigenvalue weighted by atomic mass is 9.88. The molecule has 0 aromatic heterocycles. The molecule has 1 amide bonds. The first-order valence-corrected chi connectivity index (χ1v) is 10.3. The van der Waals surface area contributed by atoms with E-state index in [0.29, 0.717) is 25.9 Å². The van der Waals surface area contributed by atoms with Crippen molar-refractivity contribution in [2.45, 2.75) is 18.8 Å². The van der Waals surface area contributed by atoms with Crippen LogP contribution in [0.1, 0.15) is 29.9 Å². The van der Waals surface area contributed by atoms with E-state index in [-0.39, 0.29) is 11.8 Å². The molecule has 1 fully saturated rings. The molecule has 29 heavy (non-hydrogen) atoms. The zero-order valence-electron chi connectivity index (χ0n) is 16.9. The van der Waals surface area contributed by atoms with E-state index < -0.39 is 0 Å². The minimum absolute atomic E-state index is 0.0119. The van der Waals surface area contributed by atoms with Crippen molar-refractivity contribution in [3.63, 3.8) is 0 Å². The average Bonchev–Trinajstić information content (AvgIpc) is 2.79. The largest absolute Gasteiger partial charge is 0.379 e. The van der Waals surface area contributed by atoms with Crippen molar-refractivity contribution in [2.75, 3.05) is 45.9 Å². The molecule has 3 rings (SSSR count). The maximum atomic E-state index is 13.3. The van der Waals surface area contributed by atoms with Crippen molar-refractivity contribution < 1.29 is 9.53 Å². The van der Waals surface area contributed by atoms with Gasteiger partial charge >= 0.3 is 0 Å². The Hall–Kier alpha value is -2.68. The number of hydrogen-bond donors (Lipinski definition) is 0. The van der Waals surface area contributed by atoms with E-state index in [1.807, 2.05) is 41.3 Å². The second-order valence-electron chi connectivity index (χ2n) is 7.32. The normalized spacial score (nSPS) is 14.5. The molecule has 2 aromatic rings. The highest BCUT2D eigenvalue weighted by Gasteiger charge is 2.22. The van der Waals surface area contributed by atoms with E-state index in [1.165, 1.54) is 0 Å². The van der Waals surface area contributed by atoms with Crippen molar-refractivity contribution in [3.8, 4) is 6.07 Å². The van der Waals surface area contributed by atoms with Crippen molar-refractivity contribution >= 4 is 5.91 Å². The van der Waals surface area contributed by atoms with E-state index >= 15 is 0 Å². The van der Waals surface area contributed by atoms with Gasteiger partial charge in [0.25, 0.3) is 0 Å². The number of rotatable bonds is 9. The molecule has 0 atom stereocenters. The zero-order valence-corrected chi connectivity index (χ0v) is 16.9. The molecule has 0 spiro atoms. The lowest BCUT2D eigenvalue weighted by molar-refractivity contribution is -0.131. The number of carbonyl (C=O) groups is 1. The SMILES string of the molecule is N#CCCN(CCN1CCOCC1)C(=O)CC(c1ccccc1)c1ccccc1. The molecule has 152 valence electrons. The van der Waals surface area contributed by atoms with E-state index in [9.17, 15) is 4.79 Å². The quantitative estimate of drug-likeness (QED) is 0.658. The van der Waals surface area contributed by atoms with Crippen LogP contribution in [0.25, 0.3) is 0 Å². The number of amides is 1. The van der Waals surface area contributed by atoms with Gasteiger partial charge in [0.2, 0.25) is 5.91 Å². The van der Waals surface area contributed by atoms with Gasteiger partial charge in [0.05, 0.1) is 25.7 Å². The number of morpholine rings is 1. The van der Waals surface area contributed by atoms with Crippen LogP contribution in [0.2, 0.25) is 0 Å². The van der Waals surface area contributed by atoms with Crippen molar-refractivity contribution in [1.29, 1.82) is 5.26 Å². The van der Waals surface area contributed by atoms with Gasteiger partial charge in [0.15, 0.2) is 0 Å². The lowest BCUT2D eigenvalue weighted by Crippen LogP contribution is -2.43. The summed E-state index contributed by atoms with van der Waals surface area (Å²) in [4.78, 5) is 17.4. The van der Waals surface area contributed by atoms with Gasteiger partial charge < -0.3 is 9.64 Å². The van der Waals surface area contributed by atoms with E-state index in [0.717, 1.165) is 44.0 Å². The molecule has 1 aliphatic heterocycles. The van der Waals surface area contributed by atoms with Gasteiger partial charge in [-0.25, -0.2) is 0 Å². The van der Waals surface area contributed by atoms with Crippen LogP contribution in [0.4, 0.5) is 0 Å². The molecule has 0 radical (unpaired) electrons. The molecule has 0 N–H and O–H groups in total. The minimum atomic E-state index is 0.0119. The molecule has 1 heterocycles. The first kappa shape index (κ1) is 21.0. The van der Waals surface area contributed by atoms with Gasteiger partial charge in [-0.1, -0.05) is 60.7 Å². The van der Waals surface area contributed by atoms with E-state index in [4.69, 9.17) is 10.00 Å². The molecule has 0 saturated carbocycles. The maximum Gasteiger partial charge on any atom is 0.223 e. The minimum Gasteiger partial charge on any atom is -0.379 e. The molecule has 5 nitrogen and oxygen atoms in total. The van der Waals surface area contributed by atoms with Crippen LogP contribution >= 0.6 is 0 Å². The smallest absolute Gasteiger partial charge is 0.223 e. The Balaban J connectivity index is 1.71. The van der Waals surface area contributed by atoms with Crippen molar-refractivity contribution in [3.05, 3.63) is 71.8 Å². The lowest BCUT2D eigenvalue weighted by Gasteiger charge is -2.30. The number of hydrogen-bond acceptors (Lipinski definition) is 4. The van der Waals surface area contributed by atoms with Crippen LogP contribution in [0.3, 0.4) is 0 Å². The number of ether oxygens (including phenoxy) is 1. The number of carbonyl (C=O) groups excluding carboxylic acids is 1. The molecule has 0 bridgehead atoms. The van der Waals surface area contributed by atoms with E-state index in [1.54, 1.807) is 0 Å². The highest BCUT2D eigenvalue weighted by molar-refractivity contribution is 5.78. The second-order valence-corrected chi connectivity index (χ2v) is 7.32. The first-order chi connectivity index (χ1) is 14.3. The number of nitrogens with zero attached hydrogens (tertiary/aromatic N) is 3. The topological polar surface area (TPSA) is 56.6 Å².